The van der Waals surface area contributed by atoms with Gasteiger partial charge in [0.2, 0.25) is 5.91 Å². The number of alkyl carbamates (subject to hydrolysis) is 1. The minimum atomic E-state index is -0.769. The molecule has 1 fully saturated rings. The van der Waals surface area contributed by atoms with E-state index in [1.807, 2.05) is 31.2 Å². The minimum Gasteiger partial charge on any atom is -0.481 e. The maximum absolute atomic E-state index is 12.4. The average molecular weight is 479 g/mol. The first-order valence-corrected chi connectivity index (χ1v) is 12.5. The number of ether oxygens (including phenoxy) is 1. The minimum absolute atomic E-state index is 0.0129. The fourth-order valence-corrected chi connectivity index (χ4v) is 5.39. The summed E-state index contributed by atoms with van der Waals surface area (Å²) in [5, 5.41) is 15.0. The van der Waals surface area contributed by atoms with Gasteiger partial charge in [-0.1, -0.05) is 61.9 Å². The Kier molecular flexibility index (Phi) is 8.06. The second-order valence-electron chi connectivity index (χ2n) is 9.68. The third kappa shape index (κ3) is 5.84. The lowest BCUT2D eigenvalue weighted by Crippen LogP contribution is -2.36. The molecule has 7 nitrogen and oxygen atoms in total. The van der Waals surface area contributed by atoms with E-state index < -0.39 is 12.1 Å². The van der Waals surface area contributed by atoms with Gasteiger partial charge in [-0.2, -0.15) is 0 Å². The van der Waals surface area contributed by atoms with Crippen LogP contribution >= 0.6 is 0 Å². The highest BCUT2D eigenvalue weighted by atomic mass is 16.5. The molecule has 3 atom stereocenters. The van der Waals surface area contributed by atoms with Gasteiger partial charge in [0, 0.05) is 24.9 Å². The van der Waals surface area contributed by atoms with E-state index in [0.717, 1.165) is 12.8 Å². The number of benzene rings is 2. The van der Waals surface area contributed by atoms with Gasteiger partial charge in [0.05, 0.1) is 5.92 Å². The highest BCUT2D eigenvalue weighted by molar-refractivity contribution is 5.79. The number of carboxylic acid groups (broad SMARTS) is 1. The van der Waals surface area contributed by atoms with Crippen LogP contribution in [0.2, 0.25) is 0 Å². The predicted molar refractivity (Wildman–Crippen MR) is 133 cm³/mol. The van der Waals surface area contributed by atoms with Crippen LogP contribution in [0.25, 0.3) is 11.1 Å². The largest absolute Gasteiger partial charge is 0.481 e. The molecule has 0 spiro atoms. The Morgan fingerprint density at radius 3 is 2.31 bits per heavy atom. The van der Waals surface area contributed by atoms with Crippen molar-refractivity contribution in [3.63, 3.8) is 0 Å². The quantitative estimate of drug-likeness (QED) is 0.434. The van der Waals surface area contributed by atoms with Crippen molar-refractivity contribution in [2.24, 2.45) is 17.8 Å². The summed E-state index contributed by atoms with van der Waals surface area (Å²) < 4.78 is 5.54. The molecule has 35 heavy (non-hydrogen) atoms. The number of rotatable bonds is 10. The molecule has 4 rings (SSSR count). The number of amides is 2. The van der Waals surface area contributed by atoms with Crippen LogP contribution in [0.3, 0.4) is 0 Å². The number of carbonyl (C=O) groups is 3. The summed E-state index contributed by atoms with van der Waals surface area (Å²) in [5.74, 6) is -1.36. The molecule has 2 aromatic rings. The fourth-order valence-electron chi connectivity index (χ4n) is 5.39. The van der Waals surface area contributed by atoms with E-state index in [4.69, 9.17) is 4.74 Å². The number of aliphatic carboxylic acids is 1. The van der Waals surface area contributed by atoms with Crippen molar-refractivity contribution in [2.75, 3.05) is 19.7 Å². The Hall–Kier alpha value is -3.35. The summed E-state index contributed by atoms with van der Waals surface area (Å²) in [6.07, 6.45) is 3.25. The van der Waals surface area contributed by atoms with E-state index in [9.17, 15) is 19.5 Å². The van der Waals surface area contributed by atoms with E-state index in [1.165, 1.54) is 22.3 Å². The lowest BCUT2D eigenvalue weighted by molar-refractivity contribution is -0.143. The lowest BCUT2D eigenvalue weighted by atomic mass is 9.96. The topological polar surface area (TPSA) is 105 Å². The van der Waals surface area contributed by atoms with Crippen molar-refractivity contribution in [3.8, 4) is 11.1 Å². The van der Waals surface area contributed by atoms with Gasteiger partial charge in [-0.25, -0.2) is 4.79 Å². The Morgan fingerprint density at radius 2 is 1.66 bits per heavy atom. The smallest absolute Gasteiger partial charge is 0.407 e. The van der Waals surface area contributed by atoms with E-state index in [-0.39, 0.29) is 36.2 Å². The van der Waals surface area contributed by atoms with Crippen LogP contribution in [-0.4, -0.2) is 42.8 Å². The van der Waals surface area contributed by atoms with Crippen LogP contribution in [0.5, 0.6) is 0 Å². The maximum Gasteiger partial charge on any atom is 0.407 e. The van der Waals surface area contributed by atoms with Gasteiger partial charge in [0.15, 0.2) is 0 Å². The highest BCUT2D eigenvalue weighted by Crippen LogP contribution is 2.44. The number of carbonyl (C=O) groups excluding carboxylic acids is 2. The molecule has 0 saturated heterocycles. The Bertz CT molecular complexity index is 1020. The molecule has 3 N–H and O–H groups in total. The number of fused-ring (bicyclic) bond motifs is 3. The van der Waals surface area contributed by atoms with Crippen LogP contribution in [0.1, 0.15) is 56.1 Å². The number of hydrogen-bond donors (Lipinski definition) is 3. The Labute approximate surface area is 206 Å². The highest BCUT2D eigenvalue weighted by Gasteiger charge is 2.33. The molecular formula is C28H34N2O5. The molecule has 2 aromatic carbocycles. The van der Waals surface area contributed by atoms with Gasteiger partial charge in [-0.3, -0.25) is 9.59 Å². The zero-order chi connectivity index (χ0) is 24.8. The van der Waals surface area contributed by atoms with Gasteiger partial charge < -0.3 is 20.5 Å². The molecule has 7 heteroatoms. The van der Waals surface area contributed by atoms with Crippen molar-refractivity contribution >= 4 is 18.0 Å². The summed E-state index contributed by atoms with van der Waals surface area (Å²) in [4.78, 5) is 36.0. The third-order valence-electron chi connectivity index (χ3n) is 7.39. The molecule has 1 saturated carbocycles. The zero-order valence-corrected chi connectivity index (χ0v) is 20.2. The normalized spacial score (nSPS) is 19.5. The first kappa shape index (κ1) is 24.8. The number of nitrogens with one attached hydrogen (secondary N) is 2. The fraction of sp³-hybridized carbons (Fsp3) is 0.464. The Balaban J connectivity index is 1.15. The van der Waals surface area contributed by atoms with Crippen LogP contribution in [0, 0.1) is 17.8 Å². The van der Waals surface area contributed by atoms with Crippen molar-refractivity contribution in [3.05, 3.63) is 59.7 Å². The van der Waals surface area contributed by atoms with Crippen LogP contribution in [0.4, 0.5) is 4.79 Å². The average Bonchev–Trinajstić information content (AvgIpc) is 3.46. The summed E-state index contributed by atoms with van der Waals surface area (Å²) in [7, 11) is 0. The van der Waals surface area contributed by atoms with E-state index in [0.29, 0.717) is 32.4 Å². The SMILES string of the molecule is CC(CCCNC(=O)OCC1c2ccccc2-c2ccccc21)C(=O)NCC1CCCC1C(=O)O. The van der Waals surface area contributed by atoms with Crippen LogP contribution in [-0.2, 0) is 14.3 Å². The second-order valence-corrected chi connectivity index (χ2v) is 9.68. The molecule has 0 heterocycles. The first-order valence-electron chi connectivity index (χ1n) is 12.5. The number of hydrogen-bond acceptors (Lipinski definition) is 4. The lowest BCUT2D eigenvalue weighted by Gasteiger charge is -2.18. The van der Waals surface area contributed by atoms with E-state index in [1.54, 1.807) is 0 Å². The van der Waals surface area contributed by atoms with Crippen molar-refractivity contribution in [1.82, 2.24) is 10.6 Å². The third-order valence-corrected chi connectivity index (χ3v) is 7.39. The van der Waals surface area contributed by atoms with Gasteiger partial charge >= 0.3 is 12.1 Å². The summed E-state index contributed by atoms with van der Waals surface area (Å²) in [6, 6.07) is 16.4. The summed E-state index contributed by atoms with van der Waals surface area (Å²) >= 11 is 0. The standard InChI is InChI=1S/C28H34N2O5/c1-18(26(31)30-16-19-9-6-14-20(19)27(32)33)8-7-15-29-28(34)35-17-25-23-12-4-2-10-21(23)22-11-3-5-13-24(22)25/h2-5,10-13,18-20,25H,6-9,14-17H2,1H3,(H,29,34)(H,30,31)(H,32,33). The van der Waals surface area contributed by atoms with Crippen LogP contribution < -0.4 is 10.6 Å². The van der Waals surface area contributed by atoms with Gasteiger partial charge in [0.25, 0.3) is 0 Å². The zero-order valence-electron chi connectivity index (χ0n) is 20.2. The first-order chi connectivity index (χ1) is 17.0. The van der Waals surface area contributed by atoms with Gasteiger partial charge in [0.1, 0.15) is 6.61 Å². The molecule has 0 radical (unpaired) electrons. The molecule has 2 amide bonds. The molecule has 0 aromatic heterocycles. The van der Waals surface area contributed by atoms with Crippen molar-refractivity contribution in [1.29, 1.82) is 0 Å². The van der Waals surface area contributed by atoms with Crippen molar-refractivity contribution in [2.45, 2.75) is 44.9 Å². The van der Waals surface area contributed by atoms with Gasteiger partial charge in [-0.15, -0.1) is 0 Å². The maximum atomic E-state index is 12.4. The summed E-state index contributed by atoms with van der Waals surface area (Å²) in [6.45, 7) is 2.97. The Morgan fingerprint density at radius 1 is 1.00 bits per heavy atom. The molecule has 0 aliphatic heterocycles. The van der Waals surface area contributed by atoms with Crippen LogP contribution in [0.15, 0.2) is 48.5 Å². The molecule has 186 valence electrons. The summed E-state index contributed by atoms with van der Waals surface area (Å²) in [5.41, 5.74) is 4.73. The molecule has 0 bridgehead atoms. The second kappa shape index (κ2) is 11.4. The molecule has 2 aliphatic rings. The van der Waals surface area contributed by atoms with Crippen molar-refractivity contribution < 1.29 is 24.2 Å². The molecular weight excluding hydrogens is 444 g/mol. The predicted octanol–water partition coefficient (Wildman–Crippen LogP) is 4.56. The monoisotopic (exact) mass is 478 g/mol. The molecule has 2 aliphatic carbocycles. The van der Waals surface area contributed by atoms with Gasteiger partial charge in [-0.05, 0) is 53.9 Å². The van der Waals surface area contributed by atoms with E-state index >= 15 is 0 Å². The number of carboxylic acids is 1. The molecule has 3 unspecified atom stereocenters. The van der Waals surface area contributed by atoms with E-state index in [2.05, 4.69) is 34.9 Å².